The summed E-state index contributed by atoms with van der Waals surface area (Å²) in [5.74, 6) is -0.0317. The van der Waals surface area contributed by atoms with E-state index in [1.54, 1.807) is 31.1 Å². The molecule has 0 saturated carbocycles. The van der Waals surface area contributed by atoms with E-state index in [9.17, 15) is 9.59 Å². The van der Waals surface area contributed by atoms with Gasteiger partial charge < -0.3 is 20.7 Å². The normalized spacial score (nSPS) is 15.2. The highest BCUT2D eigenvalue weighted by Crippen LogP contribution is 2.36. The minimum atomic E-state index is -0.545. The molecular weight excluding hydrogens is 428 g/mol. The lowest BCUT2D eigenvalue weighted by Gasteiger charge is -2.17. The molecule has 0 aliphatic heterocycles. The van der Waals surface area contributed by atoms with Gasteiger partial charge in [-0.15, -0.1) is 0 Å². The third-order valence-corrected chi connectivity index (χ3v) is 5.91. The van der Waals surface area contributed by atoms with Crippen molar-refractivity contribution in [3.8, 4) is 5.75 Å². The monoisotopic (exact) mass is 462 g/mol. The van der Waals surface area contributed by atoms with Gasteiger partial charge in [0.05, 0.1) is 23.9 Å². The van der Waals surface area contributed by atoms with Gasteiger partial charge >= 0.3 is 0 Å². The van der Waals surface area contributed by atoms with Crippen LogP contribution in [-0.4, -0.2) is 49.2 Å². The summed E-state index contributed by atoms with van der Waals surface area (Å²) in [6, 6.07) is 11.6. The number of likely N-dealkylation sites (N-methyl/N-ethyl adjacent to an activating group) is 1. The number of hydrogen-bond acceptors (Lipinski definition) is 5. The summed E-state index contributed by atoms with van der Waals surface area (Å²) in [4.78, 5) is 30.3. The summed E-state index contributed by atoms with van der Waals surface area (Å²) in [6.45, 7) is 10.2. The molecule has 0 saturated heterocycles. The molecule has 0 aromatic heterocycles. The highest BCUT2D eigenvalue weighted by atomic mass is 16.5. The predicted octanol–water partition coefficient (Wildman–Crippen LogP) is 3.72. The molecule has 3 N–H and O–H groups in total. The number of nitrogens with zero attached hydrogens (tertiary/aromatic N) is 2. The third kappa shape index (κ3) is 5.72. The fourth-order valence-electron chi connectivity index (χ4n) is 4.14. The SMILES string of the molecule is C=C(/N=C(\C)c1ccc(OC(C)C)c(C(N)=O)c1)c1cccc2c1CC[C@@H]2NCC(=O)N(C)C. The van der Waals surface area contributed by atoms with Crippen molar-refractivity contribution in [3.05, 3.63) is 70.8 Å². The Bertz CT molecular complexity index is 1130. The Morgan fingerprint density at radius 1 is 1.24 bits per heavy atom. The van der Waals surface area contributed by atoms with Crippen LogP contribution in [0.4, 0.5) is 0 Å². The highest BCUT2D eigenvalue weighted by Gasteiger charge is 2.25. The first kappa shape index (κ1) is 25.2. The summed E-state index contributed by atoms with van der Waals surface area (Å²) in [7, 11) is 3.51. The second-order valence-electron chi connectivity index (χ2n) is 9.02. The van der Waals surface area contributed by atoms with Gasteiger partial charge in [0.25, 0.3) is 5.91 Å². The molecule has 7 heteroatoms. The second kappa shape index (κ2) is 10.7. The zero-order valence-corrected chi connectivity index (χ0v) is 20.6. The topological polar surface area (TPSA) is 97.0 Å². The summed E-state index contributed by atoms with van der Waals surface area (Å²) in [5, 5.41) is 3.37. The fourth-order valence-corrected chi connectivity index (χ4v) is 4.14. The first-order valence-corrected chi connectivity index (χ1v) is 11.5. The predicted molar refractivity (Wildman–Crippen MR) is 136 cm³/mol. The number of amides is 2. The second-order valence-corrected chi connectivity index (χ2v) is 9.02. The van der Waals surface area contributed by atoms with Crippen molar-refractivity contribution in [1.29, 1.82) is 0 Å². The molecule has 0 bridgehead atoms. The molecule has 2 amide bonds. The molecular formula is C27H34N4O3. The van der Waals surface area contributed by atoms with Gasteiger partial charge in [-0.3, -0.25) is 14.6 Å². The van der Waals surface area contributed by atoms with E-state index in [1.165, 1.54) is 11.1 Å². The standard InChI is InChI=1S/C27H34N4O3/c1-16(2)34-25-13-10-19(14-23(25)27(28)33)17(3)30-18(4)20-8-7-9-22-21(20)11-12-24(22)29-15-26(32)31(5)6/h7-10,13-14,16,24,29H,4,11-12,15H2,1-3,5-6H3,(H2,28,33)/b30-17+/t24-/m0/s1. The first-order valence-electron chi connectivity index (χ1n) is 11.5. The Labute approximate surface area is 201 Å². The number of primary amides is 1. The number of fused-ring (bicyclic) bond motifs is 1. The number of carbonyl (C=O) groups excluding carboxylic acids is 2. The van der Waals surface area contributed by atoms with E-state index in [4.69, 9.17) is 15.5 Å². The van der Waals surface area contributed by atoms with Crippen LogP contribution in [0.5, 0.6) is 5.75 Å². The van der Waals surface area contributed by atoms with Crippen LogP contribution in [-0.2, 0) is 11.2 Å². The Morgan fingerprint density at radius 2 is 1.97 bits per heavy atom. The Morgan fingerprint density at radius 3 is 2.62 bits per heavy atom. The summed E-state index contributed by atoms with van der Waals surface area (Å²) < 4.78 is 5.71. The first-order chi connectivity index (χ1) is 16.1. The van der Waals surface area contributed by atoms with E-state index >= 15 is 0 Å². The van der Waals surface area contributed by atoms with Gasteiger partial charge in [-0.25, -0.2) is 0 Å². The van der Waals surface area contributed by atoms with E-state index in [1.807, 2.05) is 39.0 Å². The van der Waals surface area contributed by atoms with Gasteiger partial charge in [0.2, 0.25) is 5.91 Å². The summed E-state index contributed by atoms with van der Waals surface area (Å²) in [5.41, 5.74) is 11.5. The number of carbonyl (C=O) groups is 2. The number of nitrogens with one attached hydrogen (secondary N) is 1. The lowest BCUT2D eigenvalue weighted by Crippen LogP contribution is -2.34. The van der Waals surface area contributed by atoms with E-state index < -0.39 is 5.91 Å². The van der Waals surface area contributed by atoms with Gasteiger partial charge in [0.1, 0.15) is 5.75 Å². The zero-order valence-electron chi connectivity index (χ0n) is 20.6. The minimum Gasteiger partial charge on any atom is -0.490 e. The van der Waals surface area contributed by atoms with Crippen LogP contribution in [0.15, 0.2) is 48.0 Å². The van der Waals surface area contributed by atoms with Gasteiger partial charge in [-0.2, -0.15) is 0 Å². The summed E-state index contributed by atoms with van der Waals surface area (Å²) >= 11 is 0. The average molecular weight is 463 g/mol. The van der Waals surface area contributed by atoms with E-state index in [0.29, 0.717) is 23.6 Å². The van der Waals surface area contributed by atoms with Crippen LogP contribution in [0.2, 0.25) is 0 Å². The molecule has 0 spiro atoms. The van der Waals surface area contributed by atoms with Gasteiger partial charge in [-0.05, 0) is 68.5 Å². The van der Waals surface area contributed by atoms with Crippen LogP contribution < -0.4 is 15.8 Å². The number of ether oxygens (including phenoxy) is 1. The molecule has 180 valence electrons. The summed E-state index contributed by atoms with van der Waals surface area (Å²) in [6.07, 6.45) is 1.74. The Hall–Kier alpha value is -3.45. The van der Waals surface area contributed by atoms with Gasteiger partial charge in [0, 0.05) is 31.4 Å². The molecule has 0 unspecified atom stereocenters. The van der Waals surface area contributed by atoms with Crippen molar-refractivity contribution in [2.45, 2.75) is 45.8 Å². The number of benzene rings is 2. The van der Waals surface area contributed by atoms with Crippen molar-refractivity contribution in [2.75, 3.05) is 20.6 Å². The minimum absolute atomic E-state index is 0.0504. The molecule has 7 nitrogen and oxygen atoms in total. The maximum absolute atomic E-state index is 12.0. The van der Waals surface area contributed by atoms with Gasteiger partial charge in [-0.1, -0.05) is 24.8 Å². The molecule has 3 rings (SSSR count). The molecule has 0 heterocycles. The molecule has 1 aliphatic rings. The molecule has 2 aromatic carbocycles. The van der Waals surface area contributed by atoms with Crippen molar-refractivity contribution >= 4 is 23.2 Å². The van der Waals surface area contributed by atoms with E-state index in [-0.39, 0.29) is 18.1 Å². The van der Waals surface area contributed by atoms with Crippen molar-refractivity contribution in [3.63, 3.8) is 0 Å². The molecule has 1 aliphatic carbocycles. The molecule has 1 atom stereocenters. The number of hydrogen-bond donors (Lipinski definition) is 2. The largest absolute Gasteiger partial charge is 0.490 e. The van der Waals surface area contributed by atoms with Crippen LogP contribution in [0.25, 0.3) is 5.70 Å². The smallest absolute Gasteiger partial charge is 0.252 e. The molecule has 0 fully saturated rings. The average Bonchev–Trinajstić information content (AvgIpc) is 3.20. The van der Waals surface area contributed by atoms with E-state index in [2.05, 4.69) is 18.0 Å². The molecule has 2 aromatic rings. The maximum atomic E-state index is 12.0. The van der Waals surface area contributed by atoms with Crippen molar-refractivity contribution < 1.29 is 14.3 Å². The van der Waals surface area contributed by atoms with Crippen LogP contribution in [0.3, 0.4) is 0 Å². The Balaban J connectivity index is 1.83. The zero-order chi connectivity index (χ0) is 25.0. The maximum Gasteiger partial charge on any atom is 0.252 e. The fraction of sp³-hybridized carbons (Fsp3) is 0.370. The van der Waals surface area contributed by atoms with Crippen LogP contribution in [0.1, 0.15) is 65.8 Å². The van der Waals surface area contributed by atoms with Crippen LogP contribution in [0, 0.1) is 0 Å². The molecule has 34 heavy (non-hydrogen) atoms. The third-order valence-electron chi connectivity index (χ3n) is 5.91. The quantitative estimate of drug-likeness (QED) is 0.555. The highest BCUT2D eigenvalue weighted by molar-refractivity contribution is 6.05. The van der Waals surface area contributed by atoms with Crippen molar-refractivity contribution in [1.82, 2.24) is 10.2 Å². The number of aliphatic imine (C=N–C) groups is 1. The van der Waals surface area contributed by atoms with E-state index in [0.717, 1.165) is 29.7 Å². The Kier molecular flexibility index (Phi) is 7.89. The lowest BCUT2D eigenvalue weighted by atomic mass is 10.00. The lowest BCUT2D eigenvalue weighted by molar-refractivity contribution is -0.127. The number of nitrogens with two attached hydrogens (primary N) is 1. The van der Waals surface area contributed by atoms with Gasteiger partial charge in [0.15, 0.2) is 0 Å². The van der Waals surface area contributed by atoms with Crippen molar-refractivity contribution in [2.24, 2.45) is 10.7 Å². The molecule has 0 radical (unpaired) electrons. The number of rotatable bonds is 9. The van der Waals surface area contributed by atoms with Crippen LogP contribution >= 0.6 is 0 Å².